The zero-order valence-corrected chi connectivity index (χ0v) is 17.2. The van der Waals surface area contributed by atoms with E-state index in [1.165, 1.54) is 13.1 Å². The Bertz CT molecular complexity index is 822. The molecule has 1 fully saturated rings. The molecule has 8 heteroatoms. The number of amides is 1. The van der Waals surface area contributed by atoms with Gasteiger partial charge in [0.2, 0.25) is 10.0 Å². The van der Waals surface area contributed by atoms with Crippen LogP contribution in [0.3, 0.4) is 0 Å². The lowest BCUT2D eigenvalue weighted by Crippen LogP contribution is -2.43. The summed E-state index contributed by atoms with van der Waals surface area (Å²) < 4.78 is 32.6. The number of rotatable bonds is 6. The van der Waals surface area contributed by atoms with Gasteiger partial charge in [0.25, 0.3) is 5.91 Å². The van der Waals surface area contributed by atoms with Crippen molar-refractivity contribution < 1.29 is 17.9 Å². The minimum Gasteiger partial charge on any atom is -0.489 e. The van der Waals surface area contributed by atoms with Crippen molar-refractivity contribution in [3.63, 3.8) is 0 Å². The Labute approximate surface area is 161 Å². The molecule has 1 aromatic rings. The molecule has 1 amide bonds. The van der Waals surface area contributed by atoms with Crippen LogP contribution in [0.2, 0.25) is 0 Å². The lowest BCUT2D eigenvalue weighted by Gasteiger charge is -2.28. The molecule has 0 bridgehead atoms. The largest absolute Gasteiger partial charge is 0.489 e. The minimum absolute atomic E-state index is 0.0784. The highest BCUT2D eigenvalue weighted by Crippen LogP contribution is 2.35. The number of likely N-dealkylation sites (tertiary alicyclic amines) is 1. The van der Waals surface area contributed by atoms with Crippen LogP contribution >= 0.6 is 0 Å². The maximum Gasteiger partial charge on any atom is 0.255 e. The lowest BCUT2D eigenvalue weighted by atomic mass is 10.1. The van der Waals surface area contributed by atoms with Gasteiger partial charge in [-0.1, -0.05) is 0 Å². The Morgan fingerprint density at radius 1 is 1.37 bits per heavy atom. The van der Waals surface area contributed by atoms with Crippen LogP contribution in [0.5, 0.6) is 5.75 Å². The van der Waals surface area contributed by atoms with Gasteiger partial charge in [-0.15, -0.1) is 0 Å². The van der Waals surface area contributed by atoms with Crippen molar-refractivity contribution in [1.82, 2.24) is 14.9 Å². The average molecular weight is 396 g/mol. The van der Waals surface area contributed by atoms with Crippen LogP contribution in [0.1, 0.15) is 49.5 Å². The summed E-state index contributed by atoms with van der Waals surface area (Å²) in [7, 11) is -2.27. The molecular weight excluding hydrogens is 366 g/mol. The molecule has 0 aromatic heterocycles. The predicted octanol–water partition coefficient (Wildman–Crippen LogP) is 1.52. The SMILES string of the molecule is CNS(=O)(=O)c1cc2c(c(C(=O)NCC3CCCN3C(C)C)c1)OC(C)C2. The number of sulfonamides is 1. The van der Waals surface area contributed by atoms with Gasteiger partial charge >= 0.3 is 0 Å². The number of carbonyl (C=O) groups is 1. The van der Waals surface area contributed by atoms with E-state index in [-0.39, 0.29) is 16.9 Å². The number of carbonyl (C=O) groups excluding carboxylic acids is 1. The lowest BCUT2D eigenvalue weighted by molar-refractivity contribution is 0.0930. The van der Waals surface area contributed by atoms with Crippen molar-refractivity contribution >= 4 is 15.9 Å². The Morgan fingerprint density at radius 2 is 2.11 bits per heavy atom. The molecule has 1 aromatic carbocycles. The summed E-state index contributed by atoms with van der Waals surface area (Å²) >= 11 is 0. The molecule has 1 saturated heterocycles. The van der Waals surface area contributed by atoms with Gasteiger partial charge in [0, 0.05) is 25.0 Å². The molecule has 2 unspecified atom stereocenters. The number of nitrogens with zero attached hydrogens (tertiary/aromatic N) is 1. The summed E-state index contributed by atoms with van der Waals surface area (Å²) in [6.07, 6.45) is 2.69. The molecule has 150 valence electrons. The summed E-state index contributed by atoms with van der Waals surface area (Å²) in [6, 6.07) is 3.75. The van der Waals surface area contributed by atoms with Crippen LogP contribution in [-0.4, -0.2) is 57.5 Å². The normalized spacial score (nSPS) is 22.7. The van der Waals surface area contributed by atoms with E-state index in [1.807, 2.05) is 6.92 Å². The Balaban J connectivity index is 1.84. The van der Waals surface area contributed by atoms with Crippen LogP contribution in [0, 0.1) is 0 Å². The second-order valence-electron chi connectivity index (χ2n) is 7.64. The molecule has 0 aliphatic carbocycles. The third kappa shape index (κ3) is 4.12. The van der Waals surface area contributed by atoms with Gasteiger partial charge < -0.3 is 10.1 Å². The molecule has 2 atom stereocenters. The van der Waals surface area contributed by atoms with Gasteiger partial charge in [0.1, 0.15) is 11.9 Å². The van der Waals surface area contributed by atoms with E-state index >= 15 is 0 Å². The van der Waals surface area contributed by atoms with Crippen molar-refractivity contribution in [3.05, 3.63) is 23.3 Å². The summed E-state index contributed by atoms with van der Waals surface area (Å²) in [4.78, 5) is 15.4. The van der Waals surface area contributed by atoms with E-state index in [0.717, 1.165) is 24.9 Å². The first-order valence-corrected chi connectivity index (χ1v) is 11.0. The van der Waals surface area contributed by atoms with Gasteiger partial charge in [0.15, 0.2) is 0 Å². The summed E-state index contributed by atoms with van der Waals surface area (Å²) in [6.45, 7) is 7.82. The van der Waals surface area contributed by atoms with Crippen molar-refractivity contribution in [2.45, 2.75) is 63.1 Å². The topological polar surface area (TPSA) is 87.7 Å². The molecule has 0 radical (unpaired) electrons. The van der Waals surface area contributed by atoms with Crippen molar-refractivity contribution in [2.75, 3.05) is 20.1 Å². The predicted molar refractivity (Wildman–Crippen MR) is 104 cm³/mol. The molecule has 2 aliphatic rings. The van der Waals surface area contributed by atoms with Crippen LogP contribution in [0.25, 0.3) is 0 Å². The quantitative estimate of drug-likeness (QED) is 0.763. The van der Waals surface area contributed by atoms with Gasteiger partial charge in [0.05, 0.1) is 10.5 Å². The Kier molecular flexibility index (Phi) is 5.79. The molecule has 7 nitrogen and oxygen atoms in total. The zero-order valence-electron chi connectivity index (χ0n) is 16.4. The van der Waals surface area contributed by atoms with Crippen molar-refractivity contribution in [2.24, 2.45) is 0 Å². The van der Waals surface area contributed by atoms with E-state index in [4.69, 9.17) is 4.74 Å². The molecule has 2 aliphatic heterocycles. The maximum atomic E-state index is 12.9. The maximum absolute atomic E-state index is 12.9. The average Bonchev–Trinajstić information content (AvgIpc) is 3.23. The first kappa shape index (κ1) is 20.1. The second kappa shape index (κ2) is 7.77. The molecule has 2 heterocycles. The number of benzene rings is 1. The Hall–Kier alpha value is -1.64. The summed E-state index contributed by atoms with van der Waals surface area (Å²) in [5.74, 6) is 0.214. The smallest absolute Gasteiger partial charge is 0.255 e. The number of hydrogen-bond donors (Lipinski definition) is 2. The van der Waals surface area contributed by atoms with Crippen LogP contribution in [0.4, 0.5) is 0 Å². The van der Waals surface area contributed by atoms with Gasteiger partial charge in [-0.05, 0) is 64.9 Å². The zero-order chi connectivity index (χ0) is 19.8. The van der Waals surface area contributed by atoms with Gasteiger partial charge in [-0.3, -0.25) is 9.69 Å². The van der Waals surface area contributed by atoms with E-state index in [9.17, 15) is 13.2 Å². The highest BCUT2D eigenvalue weighted by molar-refractivity contribution is 7.89. The molecular formula is C19H29N3O4S. The second-order valence-corrected chi connectivity index (χ2v) is 9.52. The van der Waals surface area contributed by atoms with E-state index < -0.39 is 10.0 Å². The summed E-state index contributed by atoms with van der Waals surface area (Å²) in [5.41, 5.74) is 1.05. The first-order chi connectivity index (χ1) is 12.7. The first-order valence-electron chi connectivity index (χ1n) is 9.54. The van der Waals surface area contributed by atoms with Gasteiger partial charge in [-0.2, -0.15) is 0 Å². The minimum atomic E-state index is -3.64. The molecule has 27 heavy (non-hydrogen) atoms. The number of ether oxygens (including phenoxy) is 1. The fraction of sp³-hybridized carbons (Fsp3) is 0.632. The molecule has 3 rings (SSSR count). The van der Waals surface area contributed by atoms with E-state index in [2.05, 4.69) is 28.8 Å². The highest BCUT2D eigenvalue weighted by atomic mass is 32.2. The van der Waals surface area contributed by atoms with Gasteiger partial charge in [-0.25, -0.2) is 13.1 Å². The van der Waals surface area contributed by atoms with Crippen LogP contribution < -0.4 is 14.8 Å². The van der Waals surface area contributed by atoms with Crippen LogP contribution in [-0.2, 0) is 16.4 Å². The summed E-state index contributed by atoms with van der Waals surface area (Å²) in [5, 5.41) is 2.99. The van der Waals surface area contributed by atoms with Crippen molar-refractivity contribution in [1.29, 1.82) is 0 Å². The fourth-order valence-corrected chi connectivity index (χ4v) is 4.81. The van der Waals surface area contributed by atoms with Crippen LogP contribution in [0.15, 0.2) is 17.0 Å². The monoisotopic (exact) mass is 395 g/mol. The van der Waals surface area contributed by atoms with E-state index in [0.29, 0.717) is 36.4 Å². The standard InChI is InChI=1S/C19H29N3O4S/c1-12(2)22-7-5-6-15(22)11-21-19(23)17-10-16(27(24,25)20-4)9-14-8-13(3)26-18(14)17/h9-10,12-13,15,20H,5-8,11H2,1-4H3,(H,21,23). The van der Waals surface area contributed by atoms with Crippen molar-refractivity contribution in [3.8, 4) is 5.75 Å². The third-order valence-electron chi connectivity index (χ3n) is 5.37. The molecule has 2 N–H and O–H groups in total. The number of fused-ring (bicyclic) bond motifs is 1. The van der Waals surface area contributed by atoms with E-state index in [1.54, 1.807) is 6.07 Å². The Morgan fingerprint density at radius 3 is 2.78 bits per heavy atom. The fourth-order valence-electron chi connectivity index (χ4n) is 4.01. The molecule has 0 spiro atoms. The molecule has 0 saturated carbocycles. The third-order valence-corrected chi connectivity index (χ3v) is 6.77. The number of hydrogen-bond acceptors (Lipinski definition) is 5. The number of nitrogens with one attached hydrogen (secondary N) is 2. The highest BCUT2D eigenvalue weighted by Gasteiger charge is 2.30.